The second kappa shape index (κ2) is 3.61. The van der Waals surface area contributed by atoms with Crippen molar-refractivity contribution in [1.82, 2.24) is 5.32 Å². The number of nitrogens with one attached hydrogen (secondary N) is 1. The molecule has 0 saturated heterocycles. The van der Waals surface area contributed by atoms with Crippen LogP contribution in [0.3, 0.4) is 0 Å². The van der Waals surface area contributed by atoms with Crippen LogP contribution in [0.1, 0.15) is 52.4 Å². The Labute approximate surface area is 82.3 Å². The van der Waals surface area contributed by atoms with Crippen molar-refractivity contribution < 1.29 is 0 Å². The third kappa shape index (κ3) is 2.07. The fourth-order valence-corrected chi connectivity index (χ4v) is 2.47. The van der Waals surface area contributed by atoms with Crippen LogP contribution in [-0.2, 0) is 0 Å². The maximum atomic E-state index is 3.74. The van der Waals surface area contributed by atoms with Crippen molar-refractivity contribution in [2.75, 3.05) is 6.54 Å². The molecule has 0 spiro atoms. The number of hydrogen-bond donors (Lipinski definition) is 1. The molecule has 0 aromatic carbocycles. The average Bonchev–Trinajstić information content (AvgIpc) is 2.85. The molecule has 1 N–H and O–H groups in total. The van der Waals surface area contributed by atoms with Crippen molar-refractivity contribution >= 4 is 0 Å². The molecule has 1 atom stereocenters. The standard InChI is InChI=1S/C12H23N/c1-3-12(7-4-8-12)9-13-10(2)11-5-6-11/h10-11,13H,3-9H2,1-2H3. The first-order valence-electron chi connectivity index (χ1n) is 5.99. The van der Waals surface area contributed by atoms with Crippen LogP contribution in [0.2, 0.25) is 0 Å². The van der Waals surface area contributed by atoms with Crippen LogP contribution in [0.4, 0.5) is 0 Å². The van der Waals surface area contributed by atoms with E-state index in [0.717, 1.165) is 12.0 Å². The first-order valence-corrected chi connectivity index (χ1v) is 5.99. The number of rotatable bonds is 5. The molecule has 0 radical (unpaired) electrons. The van der Waals surface area contributed by atoms with E-state index in [9.17, 15) is 0 Å². The minimum atomic E-state index is 0.698. The molecule has 1 nitrogen and oxygen atoms in total. The summed E-state index contributed by atoms with van der Waals surface area (Å²) >= 11 is 0. The van der Waals surface area contributed by atoms with E-state index in [-0.39, 0.29) is 0 Å². The summed E-state index contributed by atoms with van der Waals surface area (Å²) in [5, 5.41) is 3.74. The van der Waals surface area contributed by atoms with E-state index in [2.05, 4.69) is 19.2 Å². The zero-order chi connectivity index (χ0) is 9.31. The van der Waals surface area contributed by atoms with Gasteiger partial charge in [-0.25, -0.2) is 0 Å². The normalized spacial score (nSPS) is 28.2. The summed E-state index contributed by atoms with van der Waals surface area (Å²) < 4.78 is 0. The Hall–Kier alpha value is -0.0400. The summed E-state index contributed by atoms with van der Waals surface area (Å²) in [6.45, 7) is 5.99. The second-order valence-electron chi connectivity index (χ2n) is 5.21. The molecule has 2 saturated carbocycles. The van der Waals surface area contributed by atoms with Crippen molar-refractivity contribution in [2.24, 2.45) is 11.3 Å². The van der Waals surface area contributed by atoms with E-state index >= 15 is 0 Å². The summed E-state index contributed by atoms with van der Waals surface area (Å²) in [6.07, 6.45) is 8.70. The van der Waals surface area contributed by atoms with Crippen LogP contribution >= 0.6 is 0 Å². The zero-order valence-corrected chi connectivity index (χ0v) is 9.10. The van der Waals surface area contributed by atoms with Crippen molar-refractivity contribution in [2.45, 2.75) is 58.4 Å². The van der Waals surface area contributed by atoms with Gasteiger partial charge in [-0.2, -0.15) is 0 Å². The predicted octanol–water partition coefficient (Wildman–Crippen LogP) is 2.95. The molecule has 0 aromatic rings. The van der Waals surface area contributed by atoms with E-state index in [1.165, 1.54) is 45.1 Å². The van der Waals surface area contributed by atoms with Gasteiger partial charge in [0.15, 0.2) is 0 Å². The molecule has 76 valence electrons. The molecule has 0 aromatic heterocycles. The van der Waals surface area contributed by atoms with E-state index in [0.29, 0.717) is 5.41 Å². The Morgan fingerprint density at radius 1 is 1.38 bits per heavy atom. The predicted molar refractivity (Wildman–Crippen MR) is 56.8 cm³/mol. The van der Waals surface area contributed by atoms with E-state index < -0.39 is 0 Å². The average molecular weight is 181 g/mol. The van der Waals surface area contributed by atoms with Gasteiger partial charge in [-0.1, -0.05) is 13.3 Å². The molecule has 0 aliphatic heterocycles. The third-order valence-corrected chi connectivity index (χ3v) is 4.29. The van der Waals surface area contributed by atoms with Gasteiger partial charge in [-0.3, -0.25) is 0 Å². The molecule has 0 heterocycles. The molecule has 0 bridgehead atoms. The van der Waals surface area contributed by atoms with Gasteiger partial charge in [0.1, 0.15) is 0 Å². The van der Waals surface area contributed by atoms with Crippen LogP contribution in [0.15, 0.2) is 0 Å². The van der Waals surface area contributed by atoms with Gasteiger partial charge in [-0.05, 0) is 50.4 Å². The smallest absolute Gasteiger partial charge is 0.00672 e. The van der Waals surface area contributed by atoms with Crippen LogP contribution in [-0.4, -0.2) is 12.6 Å². The third-order valence-electron chi connectivity index (χ3n) is 4.29. The zero-order valence-electron chi connectivity index (χ0n) is 9.10. The van der Waals surface area contributed by atoms with Gasteiger partial charge < -0.3 is 5.32 Å². The minimum Gasteiger partial charge on any atom is -0.313 e. The Morgan fingerprint density at radius 2 is 2.08 bits per heavy atom. The van der Waals surface area contributed by atoms with Gasteiger partial charge in [0.25, 0.3) is 0 Å². The molecular weight excluding hydrogens is 158 g/mol. The summed E-state index contributed by atoms with van der Waals surface area (Å²) in [7, 11) is 0. The molecule has 0 amide bonds. The highest BCUT2D eigenvalue weighted by Crippen LogP contribution is 2.43. The Kier molecular flexibility index (Phi) is 2.64. The Balaban J connectivity index is 1.70. The molecule has 2 aliphatic carbocycles. The molecule has 2 aliphatic rings. The number of hydrogen-bond acceptors (Lipinski definition) is 1. The van der Waals surface area contributed by atoms with Gasteiger partial charge in [0.05, 0.1) is 0 Å². The fourth-order valence-electron chi connectivity index (χ4n) is 2.47. The Bertz CT molecular complexity index is 162. The molecule has 1 unspecified atom stereocenters. The first kappa shape index (κ1) is 9.51. The van der Waals surface area contributed by atoms with Gasteiger partial charge in [0, 0.05) is 12.6 Å². The maximum absolute atomic E-state index is 3.74. The Morgan fingerprint density at radius 3 is 2.46 bits per heavy atom. The molecule has 2 rings (SSSR count). The first-order chi connectivity index (χ1) is 6.26. The molecule has 13 heavy (non-hydrogen) atoms. The van der Waals surface area contributed by atoms with Gasteiger partial charge >= 0.3 is 0 Å². The summed E-state index contributed by atoms with van der Waals surface area (Å²) in [6, 6.07) is 0.782. The van der Waals surface area contributed by atoms with Crippen molar-refractivity contribution in [1.29, 1.82) is 0 Å². The topological polar surface area (TPSA) is 12.0 Å². The quantitative estimate of drug-likeness (QED) is 0.687. The van der Waals surface area contributed by atoms with Crippen LogP contribution in [0.25, 0.3) is 0 Å². The van der Waals surface area contributed by atoms with Crippen molar-refractivity contribution in [3.8, 4) is 0 Å². The van der Waals surface area contributed by atoms with Gasteiger partial charge in [0.2, 0.25) is 0 Å². The maximum Gasteiger partial charge on any atom is 0.00672 e. The van der Waals surface area contributed by atoms with E-state index in [4.69, 9.17) is 0 Å². The fraction of sp³-hybridized carbons (Fsp3) is 1.00. The molecule has 2 fully saturated rings. The monoisotopic (exact) mass is 181 g/mol. The highest BCUT2D eigenvalue weighted by atomic mass is 14.9. The summed E-state index contributed by atoms with van der Waals surface area (Å²) in [5.41, 5.74) is 0.698. The summed E-state index contributed by atoms with van der Waals surface area (Å²) in [5.74, 6) is 1.01. The lowest BCUT2D eigenvalue weighted by Gasteiger charge is -2.42. The van der Waals surface area contributed by atoms with Gasteiger partial charge in [-0.15, -0.1) is 0 Å². The SMILES string of the molecule is CCC1(CNC(C)C2CC2)CCC1. The second-order valence-corrected chi connectivity index (χ2v) is 5.21. The largest absolute Gasteiger partial charge is 0.313 e. The minimum absolute atomic E-state index is 0.698. The lowest BCUT2D eigenvalue weighted by molar-refractivity contribution is 0.118. The van der Waals surface area contributed by atoms with Crippen molar-refractivity contribution in [3.63, 3.8) is 0 Å². The lowest BCUT2D eigenvalue weighted by atomic mass is 9.67. The van der Waals surface area contributed by atoms with E-state index in [1.807, 2.05) is 0 Å². The highest BCUT2D eigenvalue weighted by molar-refractivity contribution is 4.91. The summed E-state index contributed by atoms with van der Waals surface area (Å²) in [4.78, 5) is 0. The highest BCUT2D eigenvalue weighted by Gasteiger charge is 2.36. The van der Waals surface area contributed by atoms with Crippen molar-refractivity contribution in [3.05, 3.63) is 0 Å². The van der Waals surface area contributed by atoms with Crippen LogP contribution in [0.5, 0.6) is 0 Å². The molecular formula is C12H23N. The van der Waals surface area contributed by atoms with Crippen LogP contribution in [0, 0.1) is 11.3 Å². The molecule has 1 heteroatoms. The van der Waals surface area contributed by atoms with E-state index in [1.54, 1.807) is 0 Å². The van der Waals surface area contributed by atoms with Crippen LogP contribution < -0.4 is 5.32 Å². The lowest BCUT2D eigenvalue weighted by Crippen LogP contribution is -2.43.